The second-order valence-corrected chi connectivity index (χ2v) is 4.77. The number of hydrogen-bond acceptors (Lipinski definition) is 3. The number of aryl methyl sites for hydroxylation is 1. The first kappa shape index (κ1) is 13.1. The molecule has 0 atom stereocenters. The lowest BCUT2D eigenvalue weighted by Gasteiger charge is -2.09. The maximum Gasteiger partial charge on any atom is 0.165 e. The molecule has 2 rings (SSSR count). The topological polar surface area (TPSA) is 76.9 Å². The Kier molecular flexibility index (Phi) is 3.55. The molecule has 1 aromatic carbocycles. The molecule has 0 bridgehead atoms. The first-order chi connectivity index (χ1) is 8.97. The zero-order valence-corrected chi connectivity index (χ0v) is 11.3. The van der Waals surface area contributed by atoms with Gasteiger partial charge in [0.05, 0.1) is 18.0 Å². The van der Waals surface area contributed by atoms with Gasteiger partial charge in [0, 0.05) is 6.04 Å². The molecule has 19 heavy (non-hydrogen) atoms. The van der Waals surface area contributed by atoms with Crippen molar-refractivity contribution in [2.45, 2.75) is 26.8 Å². The number of hydrogen-bond donors (Lipinski definition) is 2. The van der Waals surface area contributed by atoms with Gasteiger partial charge >= 0.3 is 0 Å². The van der Waals surface area contributed by atoms with E-state index in [4.69, 9.17) is 15.9 Å². The molecular formula is C14H18N4O. The molecule has 0 aliphatic heterocycles. The third-order valence-electron chi connectivity index (χ3n) is 2.76. The van der Waals surface area contributed by atoms with Gasteiger partial charge in [-0.3, -0.25) is 10.1 Å². The Hall–Kier alpha value is -2.30. The Labute approximate surface area is 112 Å². The zero-order valence-electron chi connectivity index (χ0n) is 11.3. The van der Waals surface area contributed by atoms with Crippen LogP contribution in [-0.2, 0) is 0 Å². The number of rotatable bonds is 4. The molecular weight excluding hydrogens is 240 g/mol. The van der Waals surface area contributed by atoms with Crippen molar-refractivity contribution in [2.24, 2.45) is 5.73 Å². The average Bonchev–Trinajstić information content (AvgIpc) is 2.80. The van der Waals surface area contributed by atoms with Crippen LogP contribution in [0.1, 0.15) is 31.0 Å². The quantitative estimate of drug-likeness (QED) is 0.654. The molecule has 0 unspecified atom stereocenters. The van der Waals surface area contributed by atoms with E-state index in [1.165, 1.54) is 0 Å². The lowest BCUT2D eigenvalue weighted by Crippen LogP contribution is -2.12. The molecule has 0 fully saturated rings. The third kappa shape index (κ3) is 2.93. The lowest BCUT2D eigenvalue weighted by molar-refractivity contribution is 0.476. The molecule has 5 nitrogen and oxygen atoms in total. The predicted octanol–water partition coefficient (Wildman–Crippen LogP) is 2.85. The van der Waals surface area contributed by atoms with Gasteiger partial charge in [-0.2, -0.15) is 5.10 Å². The van der Waals surface area contributed by atoms with Crippen molar-refractivity contribution < 1.29 is 4.74 Å². The first-order valence-corrected chi connectivity index (χ1v) is 6.14. The Balaban J connectivity index is 2.29. The SMILES string of the molecule is Cc1ccc(Oc2cnn(C(C)C)c2)c(C(=N)N)c1. The minimum Gasteiger partial charge on any atom is -0.453 e. The molecule has 0 saturated carbocycles. The van der Waals surface area contributed by atoms with Crippen molar-refractivity contribution >= 4 is 5.84 Å². The molecule has 100 valence electrons. The first-order valence-electron chi connectivity index (χ1n) is 6.14. The monoisotopic (exact) mass is 258 g/mol. The number of nitrogens with one attached hydrogen (secondary N) is 1. The number of nitrogens with zero attached hydrogens (tertiary/aromatic N) is 2. The highest BCUT2D eigenvalue weighted by Gasteiger charge is 2.10. The highest BCUT2D eigenvalue weighted by molar-refractivity contribution is 5.97. The van der Waals surface area contributed by atoms with E-state index in [2.05, 4.69) is 5.10 Å². The van der Waals surface area contributed by atoms with Gasteiger partial charge in [-0.1, -0.05) is 11.6 Å². The number of benzene rings is 1. The second kappa shape index (κ2) is 5.14. The van der Waals surface area contributed by atoms with Crippen LogP contribution >= 0.6 is 0 Å². The second-order valence-electron chi connectivity index (χ2n) is 4.77. The van der Waals surface area contributed by atoms with Gasteiger partial charge in [0.1, 0.15) is 11.6 Å². The Bertz CT molecular complexity index is 601. The van der Waals surface area contributed by atoms with E-state index in [-0.39, 0.29) is 11.9 Å². The molecule has 0 spiro atoms. The normalized spacial score (nSPS) is 10.7. The summed E-state index contributed by atoms with van der Waals surface area (Å²) in [5, 5.41) is 11.8. The highest BCUT2D eigenvalue weighted by atomic mass is 16.5. The van der Waals surface area contributed by atoms with Crippen molar-refractivity contribution in [3.63, 3.8) is 0 Å². The standard InChI is InChI=1S/C14H18N4O/c1-9(2)18-8-11(7-17-18)19-13-5-4-10(3)6-12(13)14(15)16/h4-9H,1-3H3,(H3,15,16). The largest absolute Gasteiger partial charge is 0.453 e. The van der Waals surface area contributed by atoms with Gasteiger partial charge in [-0.25, -0.2) is 0 Å². The van der Waals surface area contributed by atoms with Crippen LogP contribution in [-0.4, -0.2) is 15.6 Å². The summed E-state index contributed by atoms with van der Waals surface area (Å²) >= 11 is 0. The maximum absolute atomic E-state index is 7.59. The van der Waals surface area contributed by atoms with E-state index in [1.807, 2.05) is 49.8 Å². The van der Waals surface area contributed by atoms with E-state index in [9.17, 15) is 0 Å². The average molecular weight is 258 g/mol. The van der Waals surface area contributed by atoms with Crippen LogP contribution in [0.5, 0.6) is 11.5 Å². The van der Waals surface area contributed by atoms with Crippen LogP contribution in [0, 0.1) is 12.3 Å². The third-order valence-corrected chi connectivity index (χ3v) is 2.76. The van der Waals surface area contributed by atoms with Crippen LogP contribution < -0.4 is 10.5 Å². The molecule has 3 N–H and O–H groups in total. The Morgan fingerprint density at radius 3 is 2.74 bits per heavy atom. The molecule has 0 aliphatic carbocycles. The van der Waals surface area contributed by atoms with Crippen molar-refractivity contribution in [1.29, 1.82) is 5.41 Å². The van der Waals surface area contributed by atoms with Crippen LogP contribution in [0.3, 0.4) is 0 Å². The van der Waals surface area contributed by atoms with Crippen molar-refractivity contribution in [1.82, 2.24) is 9.78 Å². The van der Waals surface area contributed by atoms with Gasteiger partial charge < -0.3 is 10.5 Å². The number of amidine groups is 1. The van der Waals surface area contributed by atoms with Crippen molar-refractivity contribution in [2.75, 3.05) is 0 Å². The summed E-state index contributed by atoms with van der Waals surface area (Å²) in [6.45, 7) is 6.04. The Morgan fingerprint density at radius 1 is 1.42 bits per heavy atom. The summed E-state index contributed by atoms with van der Waals surface area (Å²) in [7, 11) is 0. The van der Waals surface area contributed by atoms with Crippen LogP contribution in [0.2, 0.25) is 0 Å². The minimum atomic E-state index is -0.00467. The van der Waals surface area contributed by atoms with E-state index >= 15 is 0 Å². The number of nitrogens with two attached hydrogens (primary N) is 1. The molecule has 0 amide bonds. The fraction of sp³-hybridized carbons (Fsp3) is 0.286. The summed E-state index contributed by atoms with van der Waals surface area (Å²) in [6.07, 6.45) is 3.48. The Morgan fingerprint density at radius 2 is 2.16 bits per heavy atom. The predicted molar refractivity (Wildman–Crippen MR) is 74.9 cm³/mol. The molecule has 2 aromatic rings. The number of ether oxygens (including phenoxy) is 1. The smallest absolute Gasteiger partial charge is 0.165 e. The van der Waals surface area contributed by atoms with E-state index in [0.29, 0.717) is 17.1 Å². The highest BCUT2D eigenvalue weighted by Crippen LogP contribution is 2.26. The number of aromatic nitrogens is 2. The van der Waals surface area contributed by atoms with E-state index in [1.54, 1.807) is 6.20 Å². The molecule has 0 aliphatic rings. The summed E-state index contributed by atoms with van der Waals surface area (Å²) in [5.74, 6) is 1.21. The summed E-state index contributed by atoms with van der Waals surface area (Å²) in [5.41, 5.74) is 7.21. The minimum absolute atomic E-state index is 0.00467. The van der Waals surface area contributed by atoms with Gasteiger partial charge in [-0.15, -0.1) is 0 Å². The summed E-state index contributed by atoms with van der Waals surface area (Å²) < 4.78 is 7.57. The molecule has 0 radical (unpaired) electrons. The molecule has 5 heteroatoms. The van der Waals surface area contributed by atoms with Crippen LogP contribution in [0.25, 0.3) is 0 Å². The van der Waals surface area contributed by atoms with Crippen molar-refractivity contribution in [3.8, 4) is 11.5 Å². The zero-order chi connectivity index (χ0) is 14.0. The van der Waals surface area contributed by atoms with Gasteiger partial charge in [0.2, 0.25) is 0 Å². The maximum atomic E-state index is 7.59. The van der Waals surface area contributed by atoms with Gasteiger partial charge in [0.15, 0.2) is 5.75 Å². The van der Waals surface area contributed by atoms with Crippen molar-refractivity contribution in [3.05, 3.63) is 41.7 Å². The molecule has 0 saturated heterocycles. The lowest BCUT2D eigenvalue weighted by atomic mass is 10.1. The molecule has 1 aromatic heterocycles. The van der Waals surface area contributed by atoms with Gasteiger partial charge in [0.25, 0.3) is 0 Å². The fourth-order valence-corrected chi connectivity index (χ4v) is 1.73. The summed E-state index contributed by atoms with van der Waals surface area (Å²) in [6, 6.07) is 5.86. The fourth-order valence-electron chi connectivity index (χ4n) is 1.73. The molecule has 1 heterocycles. The van der Waals surface area contributed by atoms with Gasteiger partial charge in [-0.05, 0) is 32.9 Å². The van der Waals surface area contributed by atoms with Crippen LogP contribution in [0.4, 0.5) is 0 Å². The number of nitrogen functional groups attached to an aromatic ring is 1. The van der Waals surface area contributed by atoms with E-state index < -0.39 is 0 Å². The van der Waals surface area contributed by atoms with E-state index in [0.717, 1.165) is 5.56 Å². The summed E-state index contributed by atoms with van der Waals surface area (Å²) in [4.78, 5) is 0. The van der Waals surface area contributed by atoms with Crippen LogP contribution in [0.15, 0.2) is 30.6 Å².